The minimum Gasteiger partial charge on any atom is -0.748 e. The van der Waals surface area contributed by atoms with Gasteiger partial charge in [-0.15, -0.1) is 23.8 Å². The van der Waals surface area contributed by atoms with E-state index in [1.54, 1.807) is 42.5 Å². The van der Waals surface area contributed by atoms with Crippen LogP contribution >= 0.6 is 0 Å². The summed E-state index contributed by atoms with van der Waals surface area (Å²) in [5, 5.41) is 52.4. The number of phenols is 1. The van der Waals surface area contributed by atoms with Crippen LogP contribution in [0.25, 0.3) is 76.2 Å². The maximum absolute atomic E-state index is 13.3. The van der Waals surface area contributed by atoms with Gasteiger partial charge in [-0.25, -0.2) is 8.42 Å². The summed E-state index contributed by atoms with van der Waals surface area (Å²) in [6.07, 6.45) is 2.00. The van der Waals surface area contributed by atoms with E-state index in [1.807, 2.05) is 182 Å². The quantitative estimate of drug-likeness (QED) is 0.0101. The predicted molar refractivity (Wildman–Crippen MR) is 504 cm³/mol. The van der Waals surface area contributed by atoms with Crippen molar-refractivity contribution in [1.82, 2.24) is 35.2 Å². The normalized spacial score (nSPS) is 12.3. The van der Waals surface area contributed by atoms with E-state index in [9.17, 15) is 57.1 Å². The van der Waals surface area contributed by atoms with Crippen molar-refractivity contribution in [3.63, 3.8) is 0 Å². The molecule has 3 aliphatic rings. The zero-order valence-electron chi connectivity index (χ0n) is 73.1. The van der Waals surface area contributed by atoms with Gasteiger partial charge in [-0.1, -0.05) is 83.0 Å². The summed E-state index contributed by atoms with van der Waals surface area (Å²) in [6, 6.07) is 57.6. The minimum atomic E-state index is -4.46. The number of nitrogens with zero attached hydrogens (tertiary/aromatic N) is 6. The number of aromatic amines is 3. The number of aryl methyl sites for hydroxylation is 7. The number of benzene rings is 12. The number of hydrogen-bond donors (Lipinski definition) is 11. The maximum atomic E-state index is 13.3. The number of azo groups is 1. The molecular formula is C99H90N14NaO15S2-. The first kappa shape index (κ1) is 93.4. The van der Waals surface area contributed by atoms with Crippen molar-refractivity contribution in [3.8, 4) is 5.75 Å². The largest absolute Gasteiger partial charge is 1.00 e. The number of aromatic hydroxyl groups is 1. The number of anilines is 5. The second-order valence-electron chi connectivity index (χ2n) is 32.5. The third kappa shape index (κ3) is 20.2. The summed E-state index contributed by atoms with van der Waals surface area (Å²) >= 11 is 0. The number of pyridine rings is 3. The van der Waals surface area contributed by atoms with E-state index in [2.05, 4.69) is 69.1 Å². The van der Waals surface area contributed by atoms with Gasteiger partial charge in [-0.05, 0) is 256 Å². The van der Waals surface area contributed by atoms with Gasteiger partial charge in [0.05, 0.1) is 67.9 Å². The molecule has 0 radical (unpaired) electrons. The average Bonchev–Trinajstić information content (AvgIpc) is 0.746. The summed E-state index contributed by atoms with van der Waals surface area (Å²) in [4.78, 5) is 103. The molecule has 0 unspecified atom stereocenters. The van der Waals surface area contributed by atoms with Gasteiger partial charge in [0, 0.05) is 104 Å². The number of ketones is 3. The Hall–Kier alpha value is -13.7. The van der Waals surface area contributed by atoms with Crippen molar-refractivity contribution >= 4 is 155 Å². The van der Waals surface area contributed by atoms with Gasteiger partial charge in [-0.3, -0.25) is 24.0 Å². The van der Waals surface area contributed by atoms with Crippen LogP contribution in [0.1, 0.15) is 138 Å². The van der Waals surface area contributed by atoms with Crippen LogP contribution < -0.4 is 78.2 Å². The van der Waals surface area contributed by atoms with Gasteiger partial charge in [-0.2, -0.15) is 38.3 Å². The summed E-state index contributed by atoms with van der Waals surface area (Å²) in [7, 11) is -7.57. The molecule has 3 aliphatic carbocycles. The van der Waals surface area contributed by atoms with Crippen LogP contribution in [0, 0.1) is 54.5 Å². The third-order valence-electron chi connectivity index (χ3n) is 23.3. The number of rotatable bonds is 17. The van der Waals surface area contributed by atoms with E-state index in [0.29, 0.717) is 120 Å². The first-order valence-electron chi connectivity index (χ1n) is 41.8. The Balaban J connectivity index is 0.000000141. The number of nitrogens with one attached hydrogen (secondary N) is 6. The molecule has 131 heavy (non-hydrogen) atoms. The van der Waals surface area contributed by atoms with E-state index in [1.165, 1.54) is 4.90 Å². The van der Waals surface area contributed by atoms with Crippen LogP contribution in [-0.4, -0.2) is 133 Å². The SMILES string of the molecule is CCNCc1cc2[nH]c3cc4c(cc3c(=O)c2cc1C)Cc1ccc(C)cc1C4=O.Cc1cc(O)c2c(N=Nc3ccc(Nc4nc(NCCS(=O)(=O)[O-])nc(N(CCO)CCO)n4)cc3C)c(N)ccc2c1.Cc1ccc2c(c1)C(=O)c1cc3[nH]c4cc(CN)c(C)cc4c(=O)c3cc1C2.Cc1ccc2c(c1)C(=O)c1cc3[nH]c4cc[c-]cc4c(=O)c3cc1C2.O=S(=O)=O.[Na+]. The molecule has 13 N–H and O–H groups in total. The van der Waals surface area contributed by atoms with E-state index < -0.39 is 26.5 Å². The van der Waals surface area contributed by atoms with E-state index in [0.717, 1.165) is 135 Å². The van der Waals surface area contributed by atoms with Gasteiger partial charge in [0.25, 0.3) is 0 Å². The van der Waals surface area contributed by atoms with Crippen molar-refractivity contribution in [2.45, 2.75) is 87.7 Å². The van der Waals surface area contributed by atoms with Crippen LogP contribution in [0.5, 0.6) is 5.75 Å². The molecule has 19 rings (SSSR count). The van der Waals surface area contributed by atoms with E-state index >= 15 is 0 Å². The second-order valence-corrected chi connectivity index (χ2v) is 34.4. The Labute approximate surface area is 774 Å². The molecule has 0 amide bonds. The van der Waals surface area contributed by atoms with Gasteiger partial charge < -0.3 is 71.9 Å². The van der Waals surface area contributed by atoms with Crippen LogP contribution in [-0.2, 0) is 53.1 Å². The fraction of sp³-hybridized carbons (Fsp3) is 0.202. The van der Waals surface area contributed by atoms with Crippen LogP contribution in [0.2, 0.25) is 0 Å². The summed E-state index contributed by atoms with van der Waals surface area (Å²) in [5.41, 5.74) is 37.5. The van der Waals surface area contributed by atoms with Crippen molar-refractivity contribution < 1.29 is 84.9 Å². The molecule has 660 valence electrons. The first-order chi connectivity index (χ1) is 62.2. The van der Waals surface area contributed by atoms with Crippen molar-refractivity contribution in [3.05, 3.63) is 329 Å². The molecule has 0 spiro atoms. The molecule has 0 saturated carbocycles. The van der Waals surface area contributed by atoms with Gasteiger partial charge >= 0.3 is 40.2 Å². The Bertz CT molecular complexity index is 7870. The summed E-state index contributed by atoms with van der Waals surface area (Å²) in [5.74, 6) is -0.336. The predicted octanol–water partition coefficient (Wildman–Crippen LogP) is 11.2. The van der Waals surface area contributed by atoms with Crippen LogP contribution in [0.4, 0.5) is 40.6 Å². The molecule has 12 aromatic carbocycles. The number of phenolic OH excluding ortho intramolecular Hbond substituents is 1. The second kappa shape index (κ2) is 39.3. The van der Waals surface area contributed by atoms with E-state index in [-0.39, 0.29) is 120 Å². The molecule has 4 heterocycles. The molecule has 0 saturated heterocycles. The van der Waals surface area contributed by atoms with Gasteiger partial charge in [0.2, 0.25) is 17.8 Å². The molecule has 0 atom stereocenters. The standard InChI is InChI=1S/C27H33N9O6S.C26H24N2O2.C24H20N2O2.C22H14NO2.Na.O3S/c1-16-13-18-3-5-20(28)24(23(18)22(39)14-16)35-34-21-6-4-19(15-17(21)2)30-26-31-25(29-7-12-43(40,41)42)32-27(33-26)36(8-10-37)9-11-38;1-4-27-13-18-11-23-21(8-15(18)3)26(30)22-10-17-9-16-6-5-14(2)7-19(16)25(29)20(17)12-24(22)28-23;1-12-3-4-14-7-15-8-20-22(10-18(15)23(27)17(14)5-12)26-21-9-16(11-25)13(2)6-19(21)24(20)28;1-12-6-7-13-9-14-10-18-20(11-17(14)22(25)16(13)8-12)23-19-5-3-2-4-15(19)21(18)24;;1-4(2)3/h3-6,13-15,37-39H,7-12,28H2,1-2H3,(H,40,41,42)(H2,29,30,31,32,33);5-8,10-12,27H,4,9,13H2,1-3H3,(H,28,30);3-6,8-10H,7,11,25H2,1-2H3,(H,26,28);3-8,10-11H,9H2,1H3,(H,23,24);;/q;;;-1;+1;/p-1. The number of nitrogens with two attached hydrogens (primary N) is 2. The number of nitrogen functional groups attached to an aromatic ring is 1. The number of fused-ring (bicyclic) bond motifs is 13. The van der Waals surface area contributed by atoms with Crippen molar-refractivity contribution in [2.24, 2.45) is 16.0 Å². The molecule has 4 aromatic heterocycles. The fourth-order valence-electron chi connectivity index (χ4n) is 16.7. The molecule has 29 nitrogen and oxygen atoms in total. The Morgan fingerprint density at radius 1 is 0.519 bits per heavy atom. The van der Waals surface area contributed by atoms with Crippen LogP contribution in [0.15, 0.2) is 201 Å². The monoisotopic (exact) mass is 1800 g/mol. The molecular weight excluding hydrogens is 1710 g/mol. The fourth-order valence-corrected chi connectivity index (χ4v) is 17.1. The molecule has 32 heteroatoms. The molecule has 0 aliphatic heterocycles. The zero-order chi connectivity index (χ0) is 92.4. The zero-order valence-corrected chi connectivity index (χ0v) is 76.8. The Morgan fingerprint density at radius 2 is 0.985 bits per heavy atom. The Morgan fingerprint density at radius 3 is 1.47 bits per heavy atom. The molecule has 16 aromatic rings. The molecule has 0 bridgehead atoms. The van der Waals surface area contributed by atoms with E-state index in [4.69, 9.17) is 24.1 Å². The molecule has 0 fully saturated rings. The van der Waals surface area contributed by atoms with Crippen molar-refractivity contribution in [2.75, 3.05) is 66.4 Å². The summed E-state index contributed by atoms with van der Waals surface area (Å²) in [6.45, 7) is 17.4. The number of H-pyrrole nitrogens is 3. The number of carbonyl (C=O) groups is 3. The minimum absolute atomic E-state index is 0. The first-order valence-corrected chi connectivity index (χ1v) is 44.4. The summed E-state index contributed by atoms with van der Waals surface area (Å²) < 4.78 is 58.4. The number of carbonyl (C=O) groups excluding carboxylic acids is 3. The van der Waals surface area contributed by atoms with Gasteiger partial charge in [0.15, 0.2) is 28.2 Å². The smallest absolute Gasteiger partial charge is 0.748 e. The number of hydrogen-bond acceptors (Lipinski definition) is 26. The van der Waals surface area contributed by atoms with Crippen molar-refractivity contribution in [1.29, 1.82) is 0 Å². The Kier molecular flexibility index (Phi) is 28.0. The third-order valence-corrected chi connectivity index (χ3v) is 24.0. The number of aliphatic hydroxyl groups excluding tert-OH is 2. The van der Waals surface area contributed by atoms with Crippen LogP contribution in [0.3, 0.4) is 0 Å². The topological polar surface area (TPSA) is 474 Å². The van der Waals surface area contributed by atoms with Gasteiger partial charge in [0.1, 0.15) is 16.9 Å². The number of aromatic nitrogens is 6. The number of aliphatic hydroxyl groups is 2. The average molecular weight is 1800 g/mol. The maximum Gasteiger partial charge on any atom is 1.00 e.